The van der Waals surface area contributed by atoms with Gasteiger partial charge < -0.3 is 15.7 Å². The number of nitro benzene ring substituents is 1. The summed E-state index contributed by atoms with van der Waals surface area (Å²) < 4.78 is 0. The van der Waals surface area contributed by atoms with E-state index in [1.807, 2.05) is 0 Å². The molecule has 0 radical (unpaired) electrons. The van der Waals surface area contributed by atoms with Gasteiger partial charge in [-0.1, -0.05) is 0 Å². The van der Waals surface area contributed by atoms with E-state index in [-0.39, 0.29) is 23.4 Å². The fourth-order valence-electron chi connectivity index (χ4n) is 1.92. The molecular weight excluding hydrogens is 290 g/mol. The van der Waals surface area contributed by atoms with E-state index in [0.29, 0.717) is 6.42 Å². The Kier molecular flexibility index (Phi) is 5.44. The van der Waals surface area contributed by atoms with E-state index < -0.39 is 22.3 Å². The molecule has 0 aromatic heterocycles. The lowest BCUT2D eigenvalue weighted by Crippen LogP contribution is -2.32. The number of anilines is 1. The van der Waals surface area contributed by atoms with Gasteiger partial charge in [-0.3, -0.25) is 19.7 Å². The second kappa shape index (κ2) is 6.88. The average Bonchev–Trinajstić information content (AvgIpc) is 2.44. The van der Waals surface area contributed by atoms with Crippen LogP contribution in [0.3, 0.4) is 0 Å². The van der Waals surface area contributed by atoms with E-state index in [2.05, 4.69) is 10.6 Å². The highest BCUT2D eigenvalue weighted by atomic mass is 16.6. The number of hydrogen-bond donors (Lipinski definition) is 3. The van der Waals surface area contributed by atoms with Gasteiger partial charge in [0.05, 0.1) is 4.92 Å². The average molecular weight is 309 g/mol. The molecule has 1 rings (SSSR count). The first kappa shape index (κ1) is 17.4. The van der Waals surface area contributed by atoms with E-state index in [0.717, 1.165) is 0 Å². The minimum Gasteiger partial charge on any atom is -0.481 e. The van der Waals surface area contributed by atoms with Crippen molar-refractivity contribution in [2.45, 2.75) is 32.2 Å². The highest BCUT2D eigenvalue weighted by Gasteiger charge is 2.24. The number of carboxylic acid groups (broad SMARTS) is 1. The molecule has 0 saturated heterocycles. The first-order valence-electron chi connectivity index (χ1n) is 6.67. The number of nitrogens with one attached hydrogen (secondary N) is 2. The van der Waals surface area contributed by atoms with Crippen molar-refractivity contribution in [1.29, 1.82) is 0 Å². The Morgan fingerprint density at radius 1 is 1.36 bits per heavy atom. The lowest BCUT2D eigenvalue weighted by Gasteiger charge is -2.26. The van der Waals surface area contributed by atoms with Crippen molar-refractivity contribution in [2.75, 3.05) is 12.4 Å². The van der Waals surface area contributed by atoms with E-state index in [1.54, 1.807) is 13.8 Å². The van der Waals surface area contributed by atoms with Gasteiger partial charge in [0.15, 0.2) is 0 Å². The Morgan fingerprint density at radius 3 is 2.50 bits per heavy atom. The number of amides is 1. The van der Waals surface area contributed by atoms with Crippen LogP contribution in [-0.4, -0.2) is 34.5 Å². The number of rotatable bonds is 7. The summed E-state index contributed by atoms with van der Waals surface area (Å²) in [5.74, 6) is -1.35. The van der Waals surface area contributed by atoms with Gasteiger partial charge in [-0.15, -0.1) is 0 Å². The maximum absolute atomic E-state index is 11.5. The molecule has 1 aromatic carbocycles. The summed E-state index contributed by atoms with van der Waals surface area (Å²) in [5, 5.41) is 25.3. The lowest BCUT2D eigenvalue weighted by atomic mass is 9.97. The highest BCUT2D eigenvalue weighted by Crippen LogP contribution is 2.29. The Labute approximate surface area is 127 Å². The third kappa shape index (κ3) is 4.72. The fraction of sp³-hybridized carbons (Fsp3) is 0.429. The van der Waals surface area contributed by atoms with Crippen molar-refractivity contribution >= 4 is 23.3 Å². The van der Waals surface area contributed by atoms with Gasteiger partial charge in [0.1, 0.15) is 5.69 Å². The summed E-state index contributed by atoms with van der Waals surface area (Å²) in [4.78, 5) is 32.8. The van der Waals surface area contributed by atoms with E-state index in [9.17, 15) is 19.7 Å². The molecule has 22 heavy (non-hydrogen) atoms. The minimum absolute atomic E-state index is 0.0515. The van der Waals surface area contributed by atoms with Gasteiger partial charge in [-0.25, -0.2) is 0 Å². The Morgan fingerprint density at radius 2 is 2.00 bits per heavy atom. The number of carbonyl (C=O) groups is 2. The standard InChI is InChI=1S/C14H19N3O5/c1-14(2,7-6-12(18)19)16-10-5-4-9(13(20)15-3)8-11(10)17(21)22/h4-5,8,16H,6-7H2,1-3H3,(H,15,20)(H,18,19). The molecule has 0 atom stereocenters. The van der Waals surface area contributed by atoms with E-state index in [1.165, 1.54) is 25.2 Å². The van der Waals surface area contributed by atoms with Crippen molar-refractivity contribution < 1.29 is 19.6 Å². The van der Waals surface area contributed by atoms with Crippen LogP contribution < -0.4 is 10.6 Å². The van der Waals surface area contributed by atoms with Gasteiger partial charge in [0.2, 0.25) is 0 Å². The van der Waals surface area contributed by atoms with Gasteiger partial charge in [-0.05, 0) is 32.4 Å². The van der Waals surface area contributed by atoms with Gasteiger partial charge in [0.25, 0.3) is 11.6 Å². The van der Waals surface area contributed by atoms with E-state index in [4.69, 9.17) is 5.11 Å². The molecule has 1 aromatic rings. The van der Waals surface area contributed by atoms with Gasteiger partial charge in [0, 0.05) is 30.6 Å². The fourth-order valence-corrected chi connectivity index (χ4v) is 1.92. The third-order valence-electron chi connectivity index (χ3n) is 3.12. The second-order valence-electron chi connectivity index (χ2n) is 5.47. The number of carboxylic acids is 1. The van der Waals surface area contributed by atoms with Crippen molar-refractivity contribution in [1.82, 2.24) is 5.32 Å². The first-order chi connectivity index (χ1) is 10.2. The largest absolute Gasteiger partial charge is 0.481 e. The van der Waals surface area contributed by atoms with Crippen LogP contribution in [0.25, 0.3) is 0 Å². The molecule has 0 spiro atoms. The maximum Gasteiger partial charge on any atom is 0.303 e. The van der Waals surface area contributed by atoms with Gasteiger partial charge >= 0.3 is 5.97 Å². The molecule has 0 heterocycles. The summed E-state index contributed by atoms with van der Waals surface area (Å²) in [7, 11) is 1.44. The van der Waals surface area contributed by atoms with Crippen molar-refractivity contribution in [3.8, 4) is 0 Å². The molecule has 120 valence electrons. The van der Waals surface area contributed by atoms with E-state index >= 15 is 0 Å². The SMILES string of the molecule is CNC(=O)c1ccc(NC(C)(C)CCC(=O)O)c([N+](=O)[O-])c1. The Hall–Kier alpha value is -2.64. The topological polar surface area (TPSA) is 122 Å². The molecule has 0 aliphatic rings. The Balaban J connectivity index is 3.06. The lowest BCUT2D eigenvalue weighted by molar-refractivity contribution is -0.384. The van der Waals surface area contributed by atoms with Crippen LogP contribution in [-0.2, 0) is 4.79 Å². The van der Waals surface area contributed by atoms with Crippen molar-refractivity contribution in [3.05, 3.63) is 33.9 Å². The highest BCUT2D eigenvalue weighted by molar-refractivity contribution is 5.95. The number of nitro groups is 1. The normalized spacial score (nSPS) is 10.9. The molecule has 0 aliphatic carbocycles. The summed E-state index contributed by atoms with van der Waals surface area (Å²) >= 11 is 0. The van der Waals surface area contributed by atoms with Crippen LogP contribution >= 0.6 is 0 Å². The summed E-state index contributed by atoms with van der Waals surface area (Å²) in [6, 6.07) is 4.11. The van der Waals surface area contributed by atoms with Crippen LogP contribution in [0.4, 0.5) is 11.4 Å². The predicted molar refractivity (Wildman–Crippen MR) is 81.1 cm³/mol. The van der Waals surface area contributed by atoms with Crippen LogP contribution in [0.1, 0.15) is 37.0 Å². The molecule has 0 unspecified atom stereocenters. The van der Waals surface area contributed by atoms with Crippen molar-refractivity contribution in [3.63, 3.8) is 0 Å². The quantitative estimate of drug-likeness (QED) is 0.523. The van der Waals surface area contributed by atoms with Crippen molar-refractivity contribution in [2.24, 2.45) is 0 Å². The number of carbonyl (C=O) groups excluding carboxylic acids is 1. The maximum atomic E-state index is 11.5. The zero-order chi connectivity index (χ0) is 16.9. The molecule has 0 bridgehead atoms. The summed E-state index contributed by atoms with van der Waals surface area (Å²) in [6.45, 7) is 3.51. The van der Waals surface area contributed by atoms with Crippen LogP contribution in [0.2, 0.25) is 0 Å². The second-order valence-corrected chi connectivity index (χ2v) is 5.47. The molecule has 8 nitrogen and oxygen atoms in total. The predicted octanol–water partition coefficient (Wildman–Crippen LogP) is 2.01. The summed E-state index contributed by atoms with van der Waals surface area (Å²) in [5.41, 5.74) is -0.446. The molecular formula is C14H19N3O5. The summed E-state index contributed by atoms with van der Waals surface area (Å²) in [6.07, 6.45) is 0.251. The smallest absolute Gasteiger partial charge is 0.303 e. The zero-order valence-corrected chi connectivity index (χ0v) is 12.7. The molecule has 3 N–H and O–H groups in total. The molecule has 0 fully saturated rings. The number of benzene rings is 1. The van der Waals surface area contributed by atoms with Crippen LogP contribution in [0.5, 0.6) is 0 Å². The molecule has 8 heteroatoms. The third-order valence-corrected chi connectivity index (χ3v) is 3.12. The number of hydrogen-bond acceptors (Lipinski definition) is 5. The van der Waals surface area contributed by atoms with Crippen LogP contribution in [0, 0.1) is 10.1 Å². The van der Waals surface area contributed by atoms with Gasteiger partial charge in [-0.2, -0.15) is 0 Å². The number of aliphatic carboxylic acids is 1. The minimum atomic E-state index is -0.931. The molecule has 0 saturated carbocycles. The zero-order valence-electron chi connectivity index (χ0n) is 12.7. The molecule has 1 amide bonds. The Bertz CT molecular complexity index is 598. The number of nitrogens with zero attached hydrogens (tertiary/aromatic N) is 1. The monoisotopic (exact) mass is 309 g/mol. The molecule has 0 aliphatic heterocycles. The first-order valence-corrected chi connectivity index (χ1v) is 6.67. The van der Waals surface area contributed by atoms with Crippen LogP contribution in [0.15, 0.2) is 18.2 Å².